The first kappa shape index (κ1) is 15.8. The van der Waals surface area contributed by atoms with E-state index in [0.29, 0.717) is 22.8 Å². The van der Waals surface area contributed by atoms with Crippen molar-refractivity contribution >= 4 is 33.7 Å². The molecule has 5 nitrogen and oxygen atoms in total. The summed E-state index contributed by atoms with van der Waals surface area (Å²) < 4.78 is 0. The van der Waals surface area contributed by atoms with Crippen molar-refractivity contribution in [3.05, 3.63) is 10.4 Å². The van der Waals surface area contributed by atoms with Gasteiger partial charge in [0.25, 0.3) is 5.91 Å². The van der Waals surface area contributed by atoms with Crippen molar-refractivity contribution in [2.45, 2.75) is 39.0 Å². The number of nitrogen functional groups attached to an aromatic ring is 1. The third-order valence-corrected chi connectivity index (χ3v) is 5.46. The van der Waals surface area contributed by atoms with Crippen molar-refractivity contribution in [1.82, 2.24) is 0 Å². The van der Waals surface area contributed by atoms with E-state index in [0.717, 1.165) is 11.5 Å². The van der Waals surface area contributed by atoms with Gasteiger partial charge in [-0.15, -0.1) is 11.3 Å². The van der Waals surface area contributed by atoms with Crippen LogP contribution in [0.2, 0.25) is 0 Å². The molecule has 0 spiro atoms. The highest BCUT2D eigenvalue weighted by atomic mass is 32.1. The minimum Gasteiger partial charge on any atom is -0.397 e. The molecule has 0 aromatic carbocycles. The van der Waals surface area contributed by atoms with Gasteiger partial charge in [0, 0.05) is 20.0 Å². The average molecular weight is 309 g/mol. The van der Waals surface area contributed by atoms with Gasteiger partial charge in [0.1, 0.15) is 5.00 Å². The highest BCUT2D eigenvalue weighted by Crippen LogP contribution is 2.39. The van der Waals surface area contributed by atoms with Gasteiger partial charge in [0.15, 0.2) is 5.78 Å². The lowest BCUT2D eigenvalue weighted by Gasteiger charge is -2.22. The molecule has 21 heavy (non-hydrogen) atoms. The minimum atomic E-state index is -0.563. The smallest absolute Gasteiger partial charge is 0.253 e. The quantitative estimate of drug-likeness (QED) is 0.791. The largest absolute Gasteiger partial charge is 0.397 e. The number of hydrogen-bond acceptors (Lipinski definition) is 5. The maximum absolute atomic E-state index is 11.9. The fraction of sp³-hybridized carbons (Fsp3) is 0.600. The lowest BCUT2D eigenvalue weighted by atomic mass is 10.1. The van der Waals surface area contributed by atoms with Gasteiger partial charge in [-0.2, -0.15) is 0 Å². The summed E-state index contributed by atoms with van der Waals surface area (Å²) in [7, 11) is 1.94. The van der Waals surface area contributed by atoms with E-state index in [4.69, 9.17) is 11.5 Å². The summed E-state index contributed by atoms with van der Waals surface area (Å²) >= 11 is 1.29. The van der Waals surface area contributed by atoms with Gasteiger partial charge in [-0.25, -0.2) is 0 Å². The third-order valence-electron chi connectivity index (χ3n) is 4.10. The van der Waals surface area contributed by atoms with Crippen molar-refractivity contribution in [3.8, 4) is 0 Å². The maximum Gasteiger partial charge on any atom is 0.253 e. The Labute approximate surface area is 129 Å². The molecule has 1 heterocycles. The molecule has 2 rings (SSSR count). The summed E-state index contributed by atoms with van der Waals surface area (Å²) in [6.07, 6.45) is 5.35. The van der Waals surface area contributed by atoms with E-state index < -0.39 is 5.91 Å². The summed E-state index contributed by atoms with van der Waals surface area (Å²) in [4.78, 5) is 26.2. The van der Waals surface area contributed by atoms with Gasteiger partial charge in [-0.1, -0.05) is 19.8 Å². The number of hydrogen-bond donors (Lipinski definition) is 2. The zero-order chi connectivity index (χ0) is 15.6. The van der Waals surface area contributed by atoms with E-state index in [9.17, 15) is 9.59 Å². The van der Waals surface area contributed by atoms with Gasteiger partial charge < -0.3 is 16.4 Å². The van der Waals surface area contributed by atoms with Crippen LogP contribution in [0.4, 0.5) is 10.7 Å². The van der Waals surface area contributed by atoms with Crippen molar-refractivity contribution in [1.29, 1.82) is 0 Å². The van der Waals surface area contributed by atoms with Gasteiger partial charge in [0.2, 0.25) is 0 Å². The molecule has 1 aliphatic carbocycles. The Balaban J connectivity index is 2.32. The van der Waals surface area contributed by atoms with Crippen LogP contribution in [-0.2, 0) is 0 Å². The monoisotopic (exact) mass is 309 g/mol. The highest BCUT2D eigenvalue weighted by molar-refractivity contribution is 7.19. The normalized spacial score (nSPS) is 15.3. The first-order valence-electron chi connectivity index (χ1n) is 7.42. The van der Waals surface area contributed by atoms with E-state index >= 15 is 0 Å². The van der Waals surface area contributed by atoms with Crippen LogP contribution in [0.5, 0.6) is 0 Å². The van der Waals surface area contributed by atoms with Crippen molar-refractivity contribution in [3.63, 3.8) is 0 Å². The Morgan fingerprint density at radius 2 is 1.95 bits per heavy atom. The van der Waals surface area contributed by atoms with E-state index in [2.05, 4.69) is 0 Å². The van der Waals surface area contributed by atoms with Gasteiger partial charge in [-0.05, 0) is 18.8 Å². The second kappa shape index (κ2) is 6.47. The molecule has 0 atom stereocenters. The number of Topliss-reactive ketones (excluding diaryl/α,β-unsaturated/α-hetero) is 1. The molecule has 0 aliphatic heterocycles. The van der Waals surface area contributed by atoms with Crippen molar-refractivity contribution in [2.24, 2.45) is 11.7 Å². The predicted octanol–water partition coefficient (Wildman–Crippen LogP) is 2.65. The van der Waals surface area contributed by atoms with E-state index in [-0.39, 0.29) is 11.5 Å². The molecule has 6 heteroatoms. The topological polar surface area (TPSA) is 89.4 Å². The van der Waals surface area contributed by atoms with Gasteiger partial charge in [-0.3, -0.25) is 9.59 Å². The molecule has 1 aliphatic rings. The summed E-state index contributed by atoms with van der Waals surface area (Å²) in [5.74, 6) is 0.0390. The molecule has 1 aromatic rings. The zero-order valence-electron chi connectivity index (χ0n) is 12.6. The molecular weight excluding hydrogens is 286 g/mol. The number of primary amides is 1. The fourth-order valence-electron chi connectivity index (χ4n) is 2.97. The fourth-order valence-corrected chi connectivity index (χ4v) is 4.18. The van der Waals surface area contributed by atoms with Crippen LogP contribution in [0.1, 0.15) is 59.1 Å². The predicted molar refractivity (Wildman–Crippen MR) is 87.1 cm³/mol. The summed E-state index contributed by atoms with van der Waals surface area (Å²) in [6.45, 7) is 2.66. The lowest BCUT2D eigenvalue weighted by Crippen LogP contribution is -2.26. The van der Waals surface area contributed by atoms with Crippen LogP contribution in [0.25, 0.3) is 0 Å². The Hall–Kier alpha value is -1.56. The number of nitrogens with zero attached hydrogens (tertiary/aromatic N) is 1. The van der Waals surface area contributed by atoms with E-state index in [1.165, 1.54) is 37.0 Å². The highest BCUT2D eigenvalue weighted by Gasteiger charge is 2.27. The Morgan fingerprint density at radius 3 is 2.48 bits per heavy atom. The molecular formula is C15H23N3O2S. The number of carbonyl (C=O) groups is 2. The summed E-state index contributed by atoms with van der Waals surface area (Å²) in [5.41, 5.74) is 12.0. The molecule has 1 saturated carbocycles. The Morgan fingerprint density at radius 1 is 1.33 bits per heavy atom. The third kappa shape index (κ3) is 3.20. The first-order valence-corrected chi connectivity index (χ1v) is 8.23. The standard InChI is InChI=1S/C15H23N3O2S/c1-3-10(19)13-12(16)11(14(17)20)15(21-13)18(2)8-9-6-4-5-7-9/h9H,3-8,16H2,1-2H3,(H2,17,20). The second-order valence-corrected chi connectivity index (χ2v) is 6.70. The average Bonchev–Trinajstić information content (AvgIpc) is 3.05. The lowest BCUT2D eigenvalue weighted by molar-refractivity contribution is 0.0991. The molecule has 1 aromatic heterocycles. The molecule has 1 amide bonds. The number of rotatable bonds is 6. The number of anilines is 2. The second-order valence-electron chi connectivity index (χ2n) is 5.70. The molecule has 116 valence electrons. The number of carbonyl (C=O) groups excluding carboxylic acids is 2. The van der Waals surface area contributed by atoms with Crippen LogP contribution in [-0.4, -0.2) is 25.3 Å². The summed E-state index contributed by atoms with van der Waals surface area (Å²) in [5, 5.41) is 0.726. The Bertz CT molecular complexity index is 547. The van der Waals surface area contributed by atoms with Crippen LogP contribution in [0.3, 0.4) is 0 Å². The minimum absolute atomic E-state index is 0.0412. The summed E-state index contributed by atoms with van der Waals surface area (Å²) in [6, 6.07) is 0. The Kier molecular flexibility index (Phi) is 4.88. The number of thiophene rings is 1. The van der Waals surface area contributed by atoms with Gasteiger partial charge >= 0.3 is 0 Å². The van der Waals surface area contributed by atoms with Crippen LogP contribution in [0, 0.1) is 5.92 Å². The van der Waals surface area contributed by atoms with Crippen LogP contribution in [0.15, 0.2) is 0 Å². The molecule has 0 saturated heterocycles. The first-order chi connectivity index (χ1) is 9.95. The number of amides is 1. The van der Waals surface area contributed by atoms with Crippen LogP contribution >= 0.6 is 11.3 Å². The molecule has 4 N–H and O–H groups in total. The molecule has 0 radical (unpaired) electrons. The SMILES string of the molecule is CCC(=O)c1sc(N(C)CC2CCCC2)c(C(N)=O)c1N. The van der Waals surface area contributed by atoms with Crippen LogP contribution < -0.4 is 16.4 Å². The van der Waals surface area contributed by atoms with E-state index in [1.807, 2.05) is 11.9 Å². The molecule has 0 unspecified atom stereocenters. The number of nitrogens with two attached hydrogens (primary N) is 2. The van der Waals surface area contributed by atoms with Crippen molar-refractivity contribution in [2.75, 3.05) is 24.2 Å². The van der Waals surface area contributed by atoms with E-state index in [1.54, 1.807) is 6.92 Å². The number of ketones is 1. The molecule has 0 bridgehead atoms. The van der Waals surface area contributed by atoms with Crippen molar-refractivity contribution < 1.29 is 9.59 Å². The zero-order valence-corrected chi connectivity index (χ0v) is 13.5. The maximum atomic E-state index is 11.9. The molecule has 1 fully saturated rings. The van der Waals surface area contributed by atoms with Gasteiger partial charge in [0.05, 0.1) is 16.1 Å².